The quantitative estimate of drug-likeness (QED) is 0.266. The van der Waals surface area contributed by atoms with Crippen molar-refractivity contribution >= 4 is 55.8 Å². The van der Waals surface area contributed by atoms with Crippen molar-refractivity contribution in [3.8, 4) is 11.5 Å². The summed E-state index contributed by atoms with van der Waals surface area (Å²) < 4.78 is 13.6. The Balaban J connectivity index is 1.68. The number of carbonyl (C=O) groups excluding carboxylic acids is 1. The molecule has 0 atom stereocenters. The Hall–Kier alpha value is -2.26. The van der Waals surface area contributed by atoms with Gasteiger partial charge in [0.25, 0.3) is 5.91 Å². The largest absolute Gasteiger partial charge is 0.490 e. The van der Waals surface area contributed by atoms with Crippen LogP contribution in [-0.4, -0.2) is 19.1 Å². The molecule has 1 amide bonds. The molecule has 32 heavy (non-hydrogen) atoms. The highest BCUT2D eigenvalue weighted by Gasteiger charge is 2.14. The average molecular weight is 609 g/mol. The van der Waals surface area contributed by atoms with Crippen molar-refractivity contribution in [2.45, 2.75) is 27.3 Å². The van der Waals surface area contributed by atoms with Gasteiger partial charge in [-0.2, -0.15) is 0 Å². The summed E-state index contributed by atoms with van der Waals surface area (Å²) in [5, 5.41) is 6.33. The number of ether oxygens (including phenoxy) is 2. The maximum Gasteiger partial charge on any atom is 0.262 e. The molecule has 0 heterocycles. The smallest absolute Gasteiger partial charge is 0.262 e. The lowest BCUT2D eigenvalue weighted by Gasteiger charge is -2.16. The molecule has 0 fully saturated rings. The number of aryl methyl sites for hydroxylation is 2. The molecule has 0 saturated carbocycles. The molecule has 0 aromatic heterocycles. The van der Waals surface area contributed by atoms with Crippen LogP contribution in [0.1, 0.15) is 23.6 Å². The van der Waals surface area contributed by atoms with E-state index in [0.29, 0.717) is 24.7 Å². The second kappa shape index (κ2) is 11.6. The Labute approximate surface area is 211 Å². The first-order valence-corrected chi connectivity index (χ1v) is 12.2. The third-order valence-corrected chi connectivity index (χ3v) is 5.98. The zero-order chi connectivity index (χ0) is 23.1. The van der Waals surface area contributed by atoms with Gasteiger partial charge in [0.05, 0.1) is 10.2 Å². The van der Waals surface area contributed by atoms with Gasteiger partial charge in [0.1, 0.15) is 0 Å². The van der Waals surface area contributed by atoms with E-state index in [9.17, 15) is 4.79 Å². The van der Waals surface area contributed by atoms with Gasteiger partial charge in [-0.25, -0.2) is 0 Å². The summed E-state index contributed by atoms with van der Waals surface area (Å²) in [5.41, 5.74) is 5.15. The van der Waals surface area contributed by atoms with E-state index in [1.807, 2.05) is 56.3 Å². The van der Waals surface area contributed by atoms with Crippen LogP contribution < -0.4 is 20.1 Å². The van der Waals surface area contributed by atoms with Crippen LogP contribution in [-0.2, 0) is 11.3 Å². The van der Waals surface area contributed by atoms with Crippen molar-refractivity contribution in [1.82, 2.24) is 0 Å². The maximum absolute atomic E-state index is 12.4. The van der Waals surface area contributed by atoms with E-state index >= 15 is 0 Å². The number of amides is 1. The highest BCUT2D eigenvalue weighted by atomic mass is 127. The maximum atomic E-state index is 12.4. The second-order valence-corrected chi connectivity index (χ2v) is 9.43. The molecule has 7 heteroatoms. The van der Waals surface area contributed by atoms with Gasteiger partial charge in [-0.1, -0.05) is 28.1 Å². The summed E-state index contributed by atoms with van der Waals surface area (Å²) in [6, 6.07) is 17.8. The number of hydrogen-bond donors (Lipinski definition) is 2. The molecule has 3 aromatic carbocycles. The molecule has 0 aliphatic carbocycles. The molecule has 0 saturated heterocycles. The number of carbonyl (C=O) groups is 1. The molecule has 0 bridgehead atoms. The van der Waals surface area contributed by atoms with Crippen LogP contribution in [0.5, 0.6) is 11.5 Å². The molecule has 0 aliphatic heterocycles. The number of benzene rings is 3. The SMILES string of the molecule is CCOc1cc(CNc2ccc(Br)cc2C)cc(I)c1OCC(=O)Nc1cccc(C)c1. The number of rotatable bonds is 9. The summed E-state index contributed by atoms with van der Waals surface area (Å²) in [6.45, 7) is 7.03. The predicted molar refractivity (Wildman–Crippen MR) is 142 cm³/mol. The molecule has 5 nitrogen and oxygen atoms in total. The minimum atomic E-state index is -0.217. The third kappa shape index (κ3) is 6.87. The Morgan fingerprint density at radius 2 is 1.88 bits per heavy atom. The third-order valence-electron chi connectivity index (χ3n) is 4.69. The Kier molecular flexibility index (Phi) is 8.81. The number of halogens is 2. The summed E-state index contributed by atoms with van der Waals surface area (Å²) in [5.74, 6) is 0.993. The van der Waals surface area contributed by atoms with Gasteiger partial charge >= 0.3 is 0 Å². The van der Waals surface area contributed by atoms with Gasteiger partial charge in [0, 0.05) is 22.4 Å². The van der Waals surface area contributed by atoms with Crippen LogP contribution in [0, 0.1) is 17.4 Å². The summed E-state index contributed by atoms with van der Waals surface area (Å²) in [4.78, 5) is 12.4. The average Bonchev–Trinajstić information content (AvgIpc) is 2.73. The fraction of sp³-hybridized carbons (Fsp3) is 0.240. The molecular formula is C25H26BrIN2O3. The minimum absolute atomic E-state index is 0.0975. The van der Waals surface area contributed by atoms with Crippen LogP contribution in [0.2, 0.25) is 0 Å². The topological polar surface area (TPSA) is 59.6 Å². The van der Waals surface area contributed by atoms with Gasteiger partial charge in [0.15, 0.2) is 18.1 Å². The van der Waals surface area contributed by atoms with Crippen molar-refractivity contribution in [2.24, 2.45) is 0 Å². The van der Waals surface area contributed by atoms with Crippen molar-refractivity contribution in [3.05, 3.63) is 79.3 Å². The van der Waals surface area contributed by atoms with Gasteiger partial charge in [-0.3, -0.25) is 4.79 Å². The Morgan fingerprint density at radius 1 is 1.06 bits per heavy atom. The van der Waals surface area contributed by atoms with Gasteiger partial charge in [-0.15, -0.1) is 0 Å². The van der Waals surface area contributed by atoms with E-state index < -0.39 is 0 Å². The van der Waals surface area contributed by atoms with Crippen LogP contribution >= 0.6 is 38.5 Å². The van der Waals surface area contributed by atoms with Crippen LogP contribution in [0.15, 0.2) is 59.1 Å². The van der Waals surface area contributed by atoms with Gasteiger partial charge in [0.2, 0.25) is 0 Å². The minimum Gasteiger partial charge on any atom is -0.490 e. The van der Waals surface area contributed by atoms with Crippen molar-refractivity contribution in [3.63, 3.8) is 0 Å². The first-order chi connectivity index (χ1) is 15.4. The Morgan fingerprint density at radius 3 is 2.59 bits per heavy atom. The number of anilines is 2. The monoisotopic (exact) mass is 608 g/mol. The number of hydrogen-bond acceptors (Lipinski definition) is 4. The zero-order valence-corrected chi connectivity index (χ0v) is 22.0. The molecule has 2 N–H and O–H groups in total. The van der Waals surface area contributed by atoms with Crippen molar-refractivity contribution in [2.75, 3.05) is 23.8 Å². The first-order valence-electron chi connectivity index (χ1n) is 10.3. The van der Waals surface area contributed by atoms with E-state index in [4.69, 9.17) is 9.47 Å². The van der Waals surface area contributed by atoms with Gasteiger partial charge in [-0.05, 0) is 103 Å². The lowest BCUT2D eigenvalue weighted by atomic mass is 10.1. The highest BCUT2D eigenvalue weighted by Crippen LogP contribution is 2.34. The fourth-order valence-electron chi connectivity index (χ4n) is 3.21. The summed E-state index contributed by atoms with van der Waals surface area (Å²) >= 11 is 5.72. The molecule has 3 rings (SSSR count). The van der Waals surface area contributed by atoms with E-state index in [-0.39, 0.29) is 12.5 Å². The van der Waals surface area contributed by atoms with E-state index in [2.05, 4.69) is 68.2 Å². The summed E-state index contributed by atoms with van der Waals surface area (Å²) in [6.07, 6.45) is 0. The standard InChI is InChI=1S/C25H26BrIN2O3/c1-4-31-23-13-18(14-28-22-9-8-19(26)11-17(22)3)12-21(27)25(23)32-15-24(30)29-20-7-5-6-16(2)10-20/h5-13,28H,4,14-15H2,1-3H3,(H,29,30). The fourth-order valence-corrected chi connectivity index (χ4v) is 4.50. The predicted octanol–water partition coefficient (Wildman–Crippen LogP) is 6.70. The molecule has 0 unspecified atom stereocenters. The molecule has 3 aromatic rings. The lowest BCUT2D eigenvalue weighted by Crippen LogP contribution is -2.20. The highest BCUT2D eigenvalue weighted by molar-refractivity contribution is 14.1. The molecule has 168 valence electrons. The van der Waals surface area contributed by atoms with Crippen LogP contribution in [0.4, 0.5) is 11.4 Å². The van der Waals surface area contributed by atoms with Crippen LogP contribution in [0.3, 0.4) is 0 Å². The normalized spacial score (nSPS) is 10.5. The van der Waals surface area contributed by atoms with E-state index in [0.717, 1.165) is 30.5 Å². The van der Waals surface area contributed by atoms with Crippen LogP contribution in [0.25, 0.3) is 0 Å². The molecular weight excluding hydrogens is 583 g/mol. The van der Waals surface area contributed by atoms with Gasteiger partial charge < -0.3 is 20.1 Å². The van der Waals surface area contributed by atoms with E-state index in [1.165, 1.54) is 5.56 Å². The molecule has 0 aliphatic rings. The lowest BCUT2D eigenvalue weighted by molar-refractivity contribution is -0.118. The number of nitrogens with one attached hydrogen (secondary N) is 2. The second-order valence-electron chi connectivity index (χ2n) is 7.36. The van der Waals surface area contributed by atoms with Crippen molar-refractivity contribution in [1.29, 1.82) is 0 Å². The van der Waals surface area contributed by atoms with E-state index in [1.54, 1.807) is 0 Å². The molecule has 0 spiro atoms. The summed E-state index contributed by atoms with van der Waals surface area (Å²) in [7, 11) is 0. The first kappa shape index (κ1) is 24.4. The van der Waals surface area contributed by atoms with Crippen molar-refractivity contribution < 1.29 is 14.3 Å². The Bertz CT molecular complexity index is 1100. The molecule has 0 radical (unpaired) electrons. The zero-order valence-electron chi connectivity index (χ0n) is 18.3.